The molecule has 1 heterocycles. The maximum Gasteiger partial charge on any atom is 0.270 e. The third kappa shape index (κ3) is 4.23. The lowest BCUT2D eigenvalue weighted by molar-refractivity contribution is -0.384. The highest BCUT2D eigenvalue weighted by molar-refractivity contribution is 5.95. The van der Waals surface area contributed by atoms with E-state index in [2.05, 4.69) is 0 Å². The first kappa shape index (κ1) is 20.4. The molecular weight excluding hydrogens is 384 g/mol. The minimum Gasteiger partial charge on any atom is -0.366 e. The SMILES string of the molecule is CC(C=O)c1ccc(N2CCN(C(=O)c3cc([N+](=O)[O-])ccc3F)CC2)c(F)c1. The van der Waals surface area contributed by atoms with Crippen LogP contribution in [0.5, 0.6) is 0 Å². The van der Waals surface area contributed by atoms with Gasteiger partial charge in [0.1, 0.15) is 17.9 Å². The molecule has 1 fully saturated rings. The highest BCUT2D eigenvalue weighted by Crippen LogP contribution is 2.25. The molecule has 1 unspecified atom stereocenters. The Labute approximate surface area is 165 Å². The van der Waals surface area contributed by atoms with E-state index in [9.17, 15) is 28.5 Å². The van der Waals surface area contributed by atoms with Gasteiger partial charge in [-0.25, -0.2) is 8.78 Å². The average molecular weight is 403 g/mol. The van der Waals surface area contributed by atoms with Crippen molar-refractivity contribution in [1.29, 1.82) is 0 Å². The van der Waals surface area contributed by atoms with Crippen molar-refractivity contribution in [1.82, 2.24) is 4.90 Å². The topological polar surface area (TPSA) is 83.8 Å². The van der Waals surface area contributed by atoms with Gasteiger partial charge in [0.2, 0.25) is 0 Å². The van der Waals surface area contributed by atoms with Crippen molar-refractivity contribution >= 4 is 23.6 Å². The molecule has 0 aliphatic carbocycles. The number of carbonyl (C=O) groups excluding carboxylic acids is 2. The summed E-state index contributed by atoms with van der Waals surface area (Å²) in [6, 6.07) is 7.44. The smallest absolute Gasteiger partial charge is 0.270 e. The molecule has 0 radical (unpaired) electrons. The molecule has 9 heteroatoms. The van der Waals surface area contributed by atoms with Gasteiger partial charge in [0.05, 0.1) is 16.2 Å². The number of amides is 1. The van der Waals surface area contributed by atoms with Gasteiger partial charge < -0.3 is 14.6 Å². The number of aldehydes is 1. The lowest BCUT2D eigenvalue weighted by Gasteiger charge is -2.36. The Hall–Kier alpha value is -3.36. The Morgan fingerprint density at radius 1 is 1.10 bits per heavy atom. The van der Waals surface area contributed by atoms with Crippen LogP contribution in [0.4, 0.5) is 20.2 Å². The third-order valence-electron chi connectivity index (χ3n) is 5.00. The van der Waals surface area contributed by atoms with Crippen LogP contribution in [0.25, 0.3) is 0 Å². The molecule has 2 aromatic rings. The fourth-order valence-corrected chi connectivity index (χ4v) is 3.25. The van der Waals surface area contributed by atoms with E-state index in [0.717, 1.165) is 24.5 Å². The van der Waals surface area contributed by atoms with Crippen LogP contribution in [-0.4, -0.2) is 48.2 Å². The quantitative estimate of drug-likeness (QED) is 0.435. The Morgan fingerprint density at radius 3 is 2.38 bits per heavy atom. The summed E-state index contributed by atoms with van der Waals surface area (Å²) < 4.78 is 28.5. The first-order valence-electron chi connectivity index (χ1n) is 9.04. The number of halogens is 2. The minimum atomic E-state index is -0.825. The highest BCUT2D eigenvalue weighted by atomic mass is 19.1. The van der Waals surface area contributed by atoms with Gasteiger partial charge in [0.25, 0.3) is 11.6 Å². The molecule has 2 aromatic carbocycles. The maximum atomic E-state index is 14.5. The number of hydrogen-bond donors (Lipinski definition) is 0. The van der Waals surface area contributed by atoms with Gasteiger partial charge in [-0.1, -0.05) is 13.0 Å². The molecule has 7 nitrogen and oxygen atoms in total. The first-order valence-corrected chi connectivity index (χ1v) is 9.04. The van der Waals surface area contributed by atoms with Crippen molar-refractivity contribution < 1.29 is 23.3 Å². The number of nitro benzene ring substituents is 1. The Bertz CT molecular complexity index is 959. The molecule has 0 saturated carbocycles. The number of carbonyl (C=O) groups is 2. The molecule has 0 N–H and O–H groups in total. The van der Waals surface area contributed by atoms with Crippen LogP contribution in [0.1, 0.15) is 28.8 Å². The second kappa shape index (κ2) is 8.34. The van der Waals surface area contributed by atoms with Crippen molar-refractivity contribution in [2.75, 3.05) is 31.1 Å². The summed E-state index contributed by atoms with van der Waals surface area (Å²) >= 11 is 0. The van der Waals surface area contributed by atoms with E-state index in [1.54, 1.807) is 24.0 Å². The van der Waals surface area contributed by atoms with Gasteiger partial charge >= 0.3 is 0 Å². The minimum absolute atomic E-state index is 0.215. The van der Waals surface area contributed by atoms with Crippen LogP contribution in [0.3, 0.4) is 0 Å². The summed E-state index contributed by atoms with van der Waals surface area (Å²) in [5.74, 6) is -2.33. The lowest BCUT2D eigenvalue weighted by Crippen LogP contribution is -2.49. The molecule has 1 aliphatic rings. The first-order chi connectivity index (χ1) is 13.8. The summed E-state index contributed by atoms with van der Waals surface area (Å²) in [5.41, 5.74) is 0.225. The monoisotopic (exact) mass is 403 g/mol. The number of rotatable bonds is 5. The van der Waals surface area contributed by atoms with Crippen molar-refractivity contribution in [3.63, 3.8) is 0 Å². The van der Waals surface area contributed by atoms with Crippen molar-refractivity contribution in [3.05, 3.63) is 69.3 Å². The molecule has 0 spiro atoms. The molecule has 29 heavy (non-hydrogen) atoms. The summed E-state index contributed by atoms with van der Waals surface area (Å²) in [6.45, 7) is 2.75. The second-order valence-corrected chi connectivity index (χ2v) is 6.84. The summed E-state index contributed by atoms with van der Waals surface area (Å²) in [5, 5.41) is 10.9. The van der Waals surface area contributed by atoms with E-state index in [1.165, 1.54) is 11.0 Å². The molecule has 1 aliphatic heterocycles. The number of piperazine rings is 1. The Balaban J connectivity index is 1.71. The van der Waals surface area contributed by atoms with Gasteiger partial charge in [0, 0.05) is 44.2 Å². The van der Waals surface area contributed by atoms with Crippen LogP contribution in [0.2, 0.25) is 0 Å². The molecule has 1 atom stereocenters. The van der Waals surface area contributed by atoms with E-state index in [1.807, 2.05) is 0 Å². The van der Waals surface area contributed by atoms with E-state index in [0.29, 0.717) is 24.3 Å². The van der Waals surface area contributed by atoms with E-state index in [4.69, 9.17) is 0 Å². The predicted molar refractivity (Wildman–Crippen MR) is 102 cm³/mol. The number of nitro groups is 1. The van der Waals surface area contributed by atoms with Gasteiger partial charge in [-0.2, -0.15) is 0 Å². The van der Waals surface area contributed by atoms with Crippen molar-refractivity contribution in [2.45, 2.75) is 12.8 Å². The highest BCUT2D eigenvalue weighted by Gasteiger charge is 2.27. The number of nitrogens with zero attached hydrogens (tertiary/aromatic N) is 3. The summed E-state index contributed by atoms with van der Waals surface area (Å²) in [4.78, 5) is 36.8. The zero-order valence-electron chi connectivity index (χ0n) is 15.7. The van der Waals surface area contributed by atoms with E-state index < -0.39 is 28.4 Å². The maximum absolute atomic E-state index is 14.5. The van der Waals surface area contributed by atoms with E-state index in [-0.39, 0.29) is 24.3 Å². The molecule has 152 valence electrons. The third-order valence-corrected chi connectivity index (χ3v) is 5.00. The largest absolute Gasteiger partial charge is 0.366 e. The Kier molecular flexibility index (Phi) is 5.86. The van der Waals surface area contributed by atoms with E-state index >= 15 is 0 Å². The average Bonchev–Trinajstić information content (AvgIpc) is 2.73. The molecule has 1 amide bonds. The molecule has 3 rings (SSSR count). The number of non-ortho nitro benzene ring substituents is 1. The molecular formula is C20H19F2N3O4. The number of benzene rings is 2. The van der Waals surface area contributed by atoms with Crippen LogP contribution in [-0.2, 0) is 4.79 Å². The molecule has 1 saturated heterocycles. The van der Waals surface area contributed by atoms with Crippen LogP contribution >= 0.6 is 0 Å². The van der Waals surface area contributed by atoms with Crippen LogP contribution < -0.4 is 4.90 Å². The van der Waals surface area contributed by atoms with Gasteiger partial charge in [-0.05, 0) is 23.8 Å². The summed E-state index contributed by atoms with van der Waals surface area (Å²) in [7, 11) is 0. The number of anilines is 1. The second-order valence-electron chi connectivity index (χ2n) is 6.84. The summed E-state index contributed by atoms with van der Waals surface area (Å²) in [6.07, 6.45) is 0.742. The predicted octanol–water partition coefficient (Wildman–Crippen LogP) is 3.14. The fourth-order valence-electron chi connectivity index (χ4n) is 3.25. The van der Waals surface area contributed by atoms with Gasteiger partial charge in [-0.15, -0.1) is 0 Å². The molecule has 0 aromatic heterocycles. The standard InChI is InChI=1S/C20H19F2N3O4/c1-13(12-26)14-2-5-19(18(22)10-14)23-6-8-24(9-7-23)20(27)16-11-15(25(28)29)3-4-17(16)21/h2-5,10-13H,6-9H2,1H3. The van der Waals surface area contributed by atoms with Crippen LogP contribution in [0.15, 0.2) is 36.4 Å². The number of hydrogen-bond acceptors (Lipinski definition) is 5. The van der Waals surface area contributed by atoms with Crippen molar-refractivity contribution in [3.8, 4) is 0 Å². The zero-order valence-corrected chi connectivity index (χ0v) is 15.7. The Morgan fingerprint density at radius 2 is 1.79 bits per heavy atom. The van der Waals surface area contributed by atoms with Crippen molar-refractivity contribution in [2.24, 2.45) is 0 Å². The zero-order chi connectivity index (χ0) is 21.1. The van der Waals surface area contributed by atoms with Crippen LogP contribution in [0, 0.1) is 21.7 Å². The normalized spacial score (nSPS) is 15.1. The van der Waals surface area contributed by atoms with Gasteiger partial charge in [-0.3, -0.25) is 14.9 Å². The lowest BCUT2D eigenvalue weighted by atomic mass is 10.0. The van der Waals surface area contributed by atoms with Gasteiger partial charge in [0.15, 0.2) is 0 Å². The molecule has 0 bridgehead atoms. The fraction of sp³-hybridized carbons (Fsp3) is 0.300.